The summed E-state index contributed by atoms with van der Waals surface area (Å²) in [6.07, 6.45) is 1.05. The van der Waals surface area contributed by atoms with Gasteiger partial charge in [0.1, 0.15) is 0 Å². The summed E-state index contributed by atoms with van der Waals surface area (Å²) in [4.78, 5) is 14.3. The molecule has 1 aliphatic heterocycles. The summed E-state index contributed by atoms with van der Waals surface area (Å²) in [6.45, 7) is 6.66. The fourth-order valence-electron chi connectivity index (χ4n) is 2.75. The number of nitrogens with one attached hydrogen (secondary N) is 2. The molecule has 0 aliphatic carbocycles. The molecule has 1 aliphatic rings. The van der Waals surface area contributed by atoms with Gasteiger partial charge < -0.3 is 20.6 Å². The molecule has 2 rings (SSSR count). The van der Waals surface area contributed by atoms with Gasteiger partial charge in [0, 0.05) is 24.5 Å². The predicted molar refractivity (Wildman–Crippen MR) is 85.6 cm³/mol. The van der Waals surface area contributed by atoms with Gasteiger partial charge in [-0.25, -0.2) is 0 Å². The molecule has 2 atom stereocenters. The summed E-state index contributed by atoms with van der Waals surface area (Å²) in [5, 5.41) is 15.2. The smallest absolute Gasteiger partial charge is 0.241 e. The topological polar surface area (TPSA) is 64.6 Å². The average molecular weight is 291 g/mol. The van der Waals surface area contributed by atoms with Crippen LogP contribution in [-0.4, -0.2) is 43.3 Å². The molecule has 21 heavy (non-hydrogen) atoms. The van der Waals surface area contributed by atoms with E-state index in [1.165, 1.54) is 0 Å². The van der Waals surface area contributed by atoms with Crippen LogP contribution in [0.1, 0.15) is 20.3 Å². The molecule has 1 amide bonds. The van der Waals surface area contributed by atoms with Crippen molar-refractivity contribution in [3.8, 4) is 0 Å². The van der Waals surface area contributed by atoms with Gasteiger partial charge in [0.25, 0.3) is 0 Å². The quantitative estimate of drug-likeness (QED) is 0.742. The van der Waals surface area contributed by atoms with Crippen molar-refractivity contribution in [3.05, 3.63) is 24.3 Å². The van der Waals surface area contributed by atoms with Crippen LogP contribution in [0.5, 0.6) is 0 Å². The Morgan fingerprint density at radius 2 is 2.14 bits per heavy atom. The highest BCUT2D eigenvalue weighted by Gasteiger charge is 2.29. The van der Waals surface area contributed by atoms with Gasteiger partial charge in [0.05, 0.1) is 12.6 Å². The van der Waals surface area contributed by atoms with Gasteiger partial charge in [0.15, 0.2) is 0 Å². The molecule has 0 spiro atoms. The second kappa shape index (κ2) is 7.43. The highest BCUT2D eigenvalue weighted by atomic mass is 16.3. The van der Waals surface area contributed by atoms with Gasteiger partial charge in [-0.3, -0.25) is 4.79 Å². The Labute approximate surface area is 126 Å². The molecule has 1 fully saturated rings. The Morgan fingerprint density at radius 3 is 2.67 bits per heavy atom. The minimum Gasteiger partial charge on any atom is -0.395 e. The van der Waals surface area contributed by atoms with E-state index in [9.17, 15) is 4.79 Å². The third kappa shape index (κ3) is 3.95. The van der Waals surface area contributed by atoms with Gasteiger partial charge in [-0.15, -0.1) is 0 Å². The Balaban J connectivity index is 1.97. The zero-order valence-electron chi connectivity index (χ0n) is 12.8. The van der Waals surface area contributed by atoms with Crippen molar-refractivity contribution in [1.82, 2.24) is 5.32 Å². The number of aliphatic hydroxyl groups is 1. The molecule has 5 heteroatoms. The normalized spacial score (nSPS) is 21.3. The van der Waals surface area contributed by atoms with Gasteiger partial charge in [0.2, 0.25) is 5.91 Å². The van der Waals surface area contributed by atoms with Crippen molar-refractivity contribution < 1.29 is 9.90 Å². The lowest BCUT2D eigenvalue weighted by atomic mass is 10.0. The Morgan fingerprint density at radius 1 is 1.43 bits per heavy atom. The van der Waals surface area contributed by atoms with Gasteiger partial charge in [-0.05, 0) is 50.1 Å². The van der Waals surface area contributed by atoms with Crippen LogP contribution in [-0.2, 0) is 4.79 Å². The first kappa shape index (κ1) is 15.8. The largest absolute Gasteiger partial charge is 0.395 e. The van der Waals surface area contributed by atoms with Crippen LogP contribution >= 0.6 is 0 Å². The molecule has 1 saturated heterocycles. The average Bonchev–Trinajstić information content (AvgIpc) is 2.92. The number of nitrogens with zero attached hydrogens (tertiary/aromatic N) is 1. The van der Waals surface area contributed by atoms with Crippen LogP contribution < -0.4 is 15.5 Å². The Kier molecular flexibility index (Phi) is 5.59. The first-order valence-electron chi connectivity index (χ1n) is 7.65. The third-order valence-electron chi connectivity index (χ3n) is 4.07. The maximum Gasteiger partial charge on any atom is 0.241 e. The zero-order chi connectivity index (χ0) is 15.2. The number of likely N-dealkylation sites (N-methyl/N-ethyl adjacent to an activating group) is 1. The van der Waals surface area contributed by atoms with E-state index in [2.05, 4.69) is 29.4 Å². The Hall–Kier alpha value is -1.59. The molecular weight excluding hydrogens is 266 g/mol. The molecule has 1 heterocycles. The number of hydrogen-bond donors (Lipinski definition) is 3. The minimum atomic E-state index is -0.0915. The van der Waals surface area contributed by atoms with Crippen molar-refractivity contribution in [2.45, 2.75) is 26.3 Å². The van der Waals surface area contributed by atoms with Gasteiger partial charge in [-0.2, -0.15) is 0 Å². The summed E-state index contributed by atoms with van der Waals surface area (Å²) < 4.78 is 0. The van der Waals surface area contributed by atoms with Crippen molar-refractivity contribution >= 4 is 17.3 Å². The molecule has 5 nitrogen and oxygen atoms in total. The SMILES string of the molecule is CCN(CCO)c1ccc(NC(=O)C2NCCC2C)cc1. The van der Waals surface area contributed by atoms with E-state index < -0.39 is 0 Å². The molecule has 0 bridgehead atoms. The molecule has 3 N–H and O–H groups in total. The predicted octanol–water partition coefficient (Wildman–Crippen LogP) is 1.44. The molecule has 0 saturated carbocycles. The van der Waals surface area contributed by atoms with Crippen LogP contribution in [0.3, 0.4) is 0 Å². The number of aliphatic hydroxyl groups excluding tert-OH is 1. The molecule has 2 unspecified atom stereocenters. The van der Waals surface area contributed by atoms with E-state index in [1.807, 2.05) is 24.3 Å². The van der Waals surface area contributed by atoms with Crippen LogP contribution in [0.2, 0.25) is 0 Å². The van der Waals surface area contributed by atoms with E-state index in [0.717, 1.165) is 30.9 Å². The molecule has 116 valence electrons. The first-order valence-corrected chi connectivity index (χ1v) is 7.65. The zero-order valence-corrected chi connectivity index (χ0v) is 12.8. The lowest BCUT2D eigenvalue weighted by molar-refractivity contribution is -0.118. The standard InChI is InChI=1S/C16H25N3O2/c1-3-19(10-11-20)14-6-4-13(5-7-14)18-16(21)15-12(2)8-9-17-15/h4-7,12,15,17,20H,3,8-11H2,1-2H3,(H,18,21). The van der Waals surface area contributed by atoms with E-state index in [-0.39, 0.29) is 18.6 Å². The molecule has 1 aromatic rings. The number of hydrogen-bond acceptors (Lipinski definition) is 4. The summed E-state index contributed by atoms with van der Waals surface area (Å²) >= 11 is 0. The summed E-state index contributed by atoms with van der Waals surface area (Å²) in [5.74, 6) is 0.417. The molecule has 0 radical (unpaired) electrons. The van der Waals surface area contributed by atoms with Crippen LogP contribution in [0, 0.1) is 5.92 Å². The number of carbonyl (C=O) groups is 1. The Bertz CT molecular complexity index is 461. The van der Waals surface area contributed by atoms with Gasteiger partial charge >= 0.3 is 0 Å². The summed E-state index contributed by atoms with van der Waals surface area (Å²) in [6, 6.07) is 7.67. The fourth-order valence-corrected chi connectivity index (χ4v) is 2.75. The van der Waals surface area contributed by atoms with Crippen molar-refractivity contribution in [1.29, 1.82) is 0 Å². The fraction of sp³-hybridized carbons (Fsp3) is 0.562. The van der Waals surface area contributed by atoms with Crippen LogP contribution in [0.15, 0.2) is 24.3 Å². The van der Waals surface area contributed by atoms with Crippen molar-refractivity contribution in [2.24, 2.45) is 5.92 Å². The second-order valence-corrected chi connectivity index (χ2v) is 5.54. The number of benzene rings is 1. The summed E-state index contributed by atoms with van der Waals surface area (Å²) in [5.41, 5.74) is 1.86. The highest BCUT2D eigenvalue weighted by molar-refractivity contribution is 5.95. The van der Waals surface area contributed by atoms with Crippen molar-refractivity contribution in [3.63, 3.8) is 0 Å². The summed E-state index contributed by atoms with van der Waals surface area (Å²) in [7, 11) is 0. The number of amides is 1. The lowest BCUT2D eigenvalue weighted by Gasteiger charge is -2.22. The van der Waals surface area contributed by atoms with E-state index in [0.29, 0.717) is 12.5 Å². The maximum atomic E-state index is 12.2. The van der Waals surface area contributed by atoms with Crippen LogP contribution in [0.25, 0.3) is 0 Å². The molecule has 0 aromatic heterocycles. The number of anilines is 2. The molecular formula is C16H25N3O2. The van der Waals surface area contributed by atoms with Crippen LogP contribution in [0.4, 0.5) is 11.4 Å². The number of rotatable bonds is 6. The van der Waals surface area contributed by atoms with E-state index in [4.69, 9.17) is 5.11 Å². The maximum absolute atomic E-state index is 12.2. The first-order chi connectivity index (χ1) is 10.2. The number of carbonyl (C=O) groups excluding carboxylic acids is 1. The molecule has 1 aromatic carbocycles. The van der Waals surface area contributed by atoms with E-state index >= 15 is 0 Å². The third-order valence-corrected chi connectivity index (χ3v) is 4.07. The van der Waals surface area contributed by atoms with Crippen molar-refractivity contribution in [2.75, 3.05) is 36.5 Å². The van der Waals surface area contributed by atoms with E-state index in [1.54, 1.807) is 0 Å². The van der Waals surface area contributed by atoms with Gasteiger partial charge in [-0.1, -0.05) is 6.92 Å². The second-order valence-electron chi connectivity index (χ2n) is 5.54. The lowest BCUT2D eigenvalue weighted by Crippen LogP contribution is -2.39. The monoisotopic (exact) mass is 291 g/mol. The minimum absolute atomic E-state index is 0.0375. The highest BCUT2D eigenvalue weighted by Crippen LogP contribution is 2.20.